The molecule has 0 aromatic heterocycles. The normalized spacial score (nSPS) is 15.8. The lowest BCUT2D eigenvalue weighted by atomic mass is 9.67. The van der Waals surface area contributed by atoms with E-state index in [0.717, 1.165) is 34.1 Å². The maximum atomic E-state index is 2.46. The van der Waals surface area contributed by atoms with Crippen LogP contribution in [0.25, 0.3) is 11.1 Å². The van der Waals surface area contributed by atoms with Crippen molar-refractivity contribution >= 4 is 34.1 Å². The predicted molar refractivity (Wildman–Crippen MR) is 205 cm³/mol. The number of benzene rings is 7. The number of fused-ring (bicyclic) bond motifs is 5. The first-order valence-electron chi connectivity index (χ1n) is 17.3. The lowest BCUT2D eigenvalue weighted by Gasteiger charge is -2.41. The van der Waals surface area contributed by atoms with Crippen molar-refractivity contribution in [2.45, 2.75) is 32.1 Å². The molecular formula is C47H38N2. The van der Waals surface area contributed by atoms with E-state index in [2.05, 4.69) is 200 Å². The zero-order valence-corrected chi connectivity index (χ0v) is 28.1. The second-order valence-corrected chi connectivity index (χ2v) is 13.7. The maximum absolute atomic E-state index is 2.46. The summed E-state index contributed by atoms with van der Waals surface area (Å²) in [6.07, 6.45) is 0. The lowest BCUT2D eigenvalue weighted by Crippen LogP contribution is -2.29. The van der Waals surface area contributed by atoms with Gasteiger partial charge in [-0.25, -0.2) is 0 Å². The molecule has 0 saturated carbocycles. The second-order valence-electron chi connectivity index (χ2n) is 13.7. The molecule has 0 radical (unpaired) electrons. The van der Waals surface area contributed by atoms with Gasteiger partial charge in [-0.1, -0.05) is 141 Å². The van der Waals surface area contributed by atoms with E-state index in [1.807, 2.05) is 0 Å². The van der Waals surface area contributed by atoms with E-state index >= 15 is 0 Å². The van der Waals surface area contributed by atoms with Crippen LogP contribution in [0.3, 0.4) is 0 Å². The number of para-hydroxylation sites is 4. The molecule has 0 N–H and O–H groups in total. The highest BCUT2D eigenvalue weighted by Gasteiger charge is 2.46. The molecule has 0 amide bonds. The number of hydrogen-bond donors (Lipinski definition) is 0. The van der Waals surface area contributed by atoms with Gasteiger partial charge in [-0.3, -0.25) is 0 Å². The first-order chi connectivity index (χ1) is 24.1. The van der Waals surface area contributed by atoms with Crippen LogP contribution in [0.4, 0.5) is 34.1 Å². The molecule has 9 rings (SSSR count). The van der Waals surface area contributed by atoms with E-state index < -0.39 is 5.41 Å². The molecule has 7 aromatic carbocycles. The Labute approximate surface area is 289 Å². The van der Waals surface area contributed by atoms with Gasteiger partial charge in [-0.15, -0.1) is 0 Å². The number of rotatable bonds is 5. The van der Waals surface area contributed by atoms with E-state index in [1.165, 1.54) is 44.5 Å². The van der Waals surface area contributed by atoms with Gasteiger partial charge in [-0.05, 0) is 100 Å². The summed E-state index contributed by atoms with van der Waals surface area (Å²) in [7, 11) is 0. The van der Waals surface area contributed by atoms with Crippen molar-refractivity contribution in [2.75, 3.05) is 9.80 Å². The number of nitrogens with zero attached hydrogens (tertiary/aromatic N) is 2. The number of aryl methyl sites for hydroxylation is 1. The third-order valence-electron chi connectivity index (χ3n) is 10.5. The van der Waals surface area contributed by atoms with Gasteiger partial charge in [0.2, 0.25) is 0 Å². The van der Waals surface area contributed by atoms with Crippen LogP contribution in [0.15, 0.2) is 170 Å². The van der Waals surface area contributed by atoms with Crippen LogP contribution in [-0.2, 0) is 5.41 Å². The molecular weight excluding hydrogens is 593 g/mol. The number of anilines is 6. The highest BCUT2D eigenvalue weighted by atomic mass is 15.3. The van der Waals surface area contributed by atoms with Crippen molar-refractivity contribution < 1.29 is 0 Å². The third kappa shape index (κ3) is 4.41. The first-order valence-corrected chi connectivity index (χ1v) is 17.3. The van der Waals surface area contributed by atoms with Crippen molar-refractivity contribution in [3.05, 3.63) is 203 Å². The van der Waals surface area contributed by atoms with E-state index in [4.69, 9.17) is 0 Å². The average molecular weight is 631 g/mol. The van der Waals surface area contributed by atoms with Crippen molar-refractivity contribution in [3.63, 3.8) is 0 Å². The summed E-state index contributed by atoms with van der Waals surface area (Å²) < 4.78 is 0. The van der Waals surface area contributed by atoms with Crippen LogP contribution in [0.5, 0.6) is 0 Å². The van der Waals surface area contributed by atoms with Gasteiger partial charge >= 0.3 is 0 Å². The molecule has 1 heterocycles. The Kier molecular flexibility index (Phi) is 6.81. The monoisotopic (exact) mass is 630 g/mol. The third-order valence-corrected chi connectivity index (χ3v) is 10.5. The van der Waals surface area contributed by atoms with Crippen LogP contribution in [-0.4, -0.2) is 0 Å². The number of hydrogen-bond acceptors (Lipinski definition) is 2. The largest absolute Gasteiger partial charge is 0.306 e. The van der Waals surface area contributed by atoms with Gasteiger partial charge in [0.05, 0.1) is 28.2 Å². The molecule has 7 aromatic rings. The van der Waals surface area contributed by atoms with Gasteiger partial charge < -0.3 is 9.80 Å². The van der Waals surface area contributed by atoms with Crippen LogP contribution in [0.1, 0.15) is 53.1 Å². The predicted octanol–water partition coefficient (Wildman–Crippen LogP) is 12.7. The SMILES string of the molecule is Cc1ccc(C2(c3ccccc3)c3ccccc3-c3ccc(N4c5ccccc5N(c5ccc(C(C)C)cc5)c5ccccc54)cc32)cc1. The minimum Gasteiger partial charge on any atom is -0.306 e. The summed E-state index contributed by atoms with van der Waals surface area (Å²) in [5, 5.41) is 0. The van der Waals surface area contributed by atoms with E-state index in [1.54, 1.807) is 0 Å². The Balaban J connectivity index is 1.29. The van der Waals surface area contributed by atoms with Crippen molar-refractivity contribution in [2.24, 2.45) is 0 Å². The minimum absolute atomic E-state index is 0.462. The van der Waals surface area contributed by atoms with Gasteiger partial charge in [0.1, 0.15) is 0 Å². The topological polar surface area (TPSA) is 6.48 Å². The molecule has 0 spiro atoms. The van der Waals surface area contributed by atoms with Crippen molar-refractivity contribution in [3.8, 4) is 11.1 Å². The van der Waals surface area contributed by atoms with Crippen molar-refractivity contribution in [1.82, 2.24) is 0 Å². The smallest absolute Gasteiger partial charge is 0.0714 e. The molecule has 1 aliphatic carbocycles. The summed E-state index contributed by atoms with van der Waals surface area (Å²) >= 11 is 0. The fourth-order valence-corrected chi connectivity index (χ4v) is 8.20. The molecule has 2 heteroatoms. The van der Waals surface area contributed by atoms with E-state index in [0.29, 0.717) is 5.92 Å². The summed E-state index contributed by atoms with van der Waals surface area (Å²) in [6, 6.07) is 63.0. The van der Waals surface area contributed by atoms with Crippen LogP contribution in [0.2, 0.25) is 0 Å². The Morgan fingerprint density at radius 1 is 0.429 bits per heavy atom. The van der Waals surface area contributed by atoms with Gasteiger partial charge in [-0.2, -0.15) is 0 Å². The molecule has 1 aliphatic heterocycles. The lowest BCUT2D eigenvalue weighted by molar-refractivity contribution is 0.768. The Bertz CT molecular complexity index is 2270. The fourth-order valence-electron chi connectivity index (χ4n) is 8.20. The van der Waals surface area contributed by atoms with Crippen molar-refractivity contribution in [1.29, 1.82) is 0 Å². The molecule has 0 saturated heterocycles. The standard InChI is InChI=1S/C47H38N2/c1-32(2)34-23-27-37(28-24-34)48-43-17-9-11-19-45(43)49(46-20-12-10-18-44(46)48)38-29-30-40-39-15-7-8-16-41(39)47(42(40)31-38,35-13-5-4-6-14-35)36-25-21-33(3)22-26-36/h4-32H,1-3H3. The molecule has 0 bridgehead atoms. The summed E-state index contributed by atoms with van der Waals surface area (Å²) in [5.41, 5.74) is 16.9. The zero-order valence-electron chi connectivity index (χ0n) is 28.1. The van der Waals surface area contributed by atoms with Crippen LogP contribution >= 0.6 is 0 Å². The van der Waals surface area contributed by atoms with Gasteiger partial charge in [0.15, 0.2) is 0 Å². The minimum atomic E-state index is -0.462. The first kappa shape index (κ1) is 29.3. The Morgan fingerprint density at radius 2 is 0.918 bits per heavy atom. The Morgan fingerprint density at radius 3 is 1.53 bits per heavy atom. The van der Waals surface area contributed by atoms with Crippen LogP contribution in [0, 0.1) is 6.92 Å². The highest BCUT2D eigenvalue weighted by molar-refractivity contribution is 6.02. The molecule has 1 atom stereocenters. The quantitative estimate of drug-likeness (QED) is 0.187. The zero-order chi connectivity index (χ0) is 33.1. The Hall–Kier alpha value is -5.86. The molecule has 2 aliphatic rings. The van der Waals surface area contributed by atoms with Gasteiger partial charge in [0.25, 0.3) is 0 Å². The molecule has 236 valence electrons. The molecule has 1 unspecified atom stereocenters. The summed E-state index contributed by atoms with van der Waals surface area (Å²) in [5.74, 6) is 0.485. The average Bonchev–Trinajstić information content (AvgIpc) is 3.45. The van der Waals surface area contributed by atoms with E-state index in [-0.39, 0.29) is 0 Å². The van der Waals surface area contributed by atoms with Crippen LogP contribution < -0.4 is 9.80 Å². The molecule has 49 heavy (non-hydrogen) atoms. The summed E-state index contributed by atoms with van der Waals surface area (Å²) in [6.45, 7) is 6.67. The molecule has 2 nitrogen and oxygen atoms in total. The van der Waals surface area contributed by atoms with Gasteiger partial charge in [0, 0.05) is 11.4 Å². The highest BCUT2D eigenvalue weighted by Crippen LogP contribution is 2.59. The second kappa shape index (κ2) is 11.4. The fraction of sp³-hybridized carbons (Fsp3) is 0.106. The molecule has 0 fully saturated rings. The maximum Gasteiger partial charge on any atom is 0.0714 e. The summed E-state index contributed by atoms with van der Waals surface area (Å²) in [4.78, 5) is 4.87. The van der Waals surface area contributed by atoms with E-state index in [9.17, 15) is 0 Å².